The molecule has 0 amide bonds. The predicted octanol–water partition coefficient (Wildman–Crippen LogP) is 0.766. The third-order valence-electron chi connectivity index (χ3n) is 2.57. The second kappa shape index (κ2) is 7.02. The van der Waals surface area contributed by atoms with Gasteiger partial charge in [0.25, 0.3) is 0 Å². The van der Waals surface area contributed by atoms with Crippen LogP contribution in [0.4, 0.5) is 5.13 Å². The summed E-state index contributed by atoms with van der Waals surface area (Å²) in [5, 5.41) is 13.1. The molecule has 0 spiro atoms. The molecule has 2 aromatic heterocycles. The van der Waals surface area contributed by atoms with Gasteiger partial charge in [0.1, 0.15) is 0 Å². The lowest BCUT2D eigenvalue weighted by molar-refractivity contribution is 0.387. The summed E-state index contributed by atoms with van der Waals surface area (Å²) in [4.78, 5) is 14.7. The zero-order valence-corrected chi connectivity index (χ0v) is 13.4. The lowest BCUT2D eigenvalue weighted by atomic mass is 10.5. The van der Waals surface area contributed by atoms with E-state index in [1.807, 2.05) is 24.4 Å². The Morgan fingerprint density at radius 3 is 2.67 bits per heavy atom. The van der Waals surface area contributed by atoms with Crippen LogP contribution < -0.4 is 15.5 Å². The molecule has 0 atom stereocenters. The smallest absolute Gasteiger partial charge is 0.223 e. The van der Waals surface area contributed by atoms with E-state index in [9.17, 15) is 0 Å². The molecule has 0 bridgehead atoms. The van der Waals surface area contributed by atoms with Gasteiger partial charge in [0.2, 0.25) is 5.89 Å². The Balaban J connectivity index is 1.82. The number of aryl methyl sites for hydroxylation is 1. The summed E-state index contributed by atoms with van der Waals surface area (Å²) in [6.07, 6.45) is 0. The zero-order chi connectivity index (χ0) is 15.2. The van der Waals surface area contributed by atoms with Crippen molar-refractivity contribution >= 4 is 22.4 Å². The first-order chi connectivity index (χ1) is 10.1. The highest BCUT2D eigenvalue weighted by Crippen LogP contribution is 2.17. The molecule has 0 aliphatic carbocycles. The van der Waals surface area contributed by atoms with Gasteiger partial charge >= 0.3 is 0 Å². The van der Waals surface area contributed by atoms with Crippen LogP contribution in [0.1, 0.15) is 17.4 Å². The minimum Gasteiger partial charge on any atom is -0.354 e. The van der Waals surface area contributed by atoms with E-state index in [-0.39, 0.29) is 0 Å². The van der Waals surface area contributed by atoms with Crippen LogP contribution in [0, 0.1) is 6.92 Å². The quantitative estimate of drug-likeness (QED) is 0.622. The number of thiazole rings is 1. The van der Waals surface area contributed by atoms with Gasteiger partial charge in [-0.05, 0) is 0 Å². The largest absolute Gasteiger partial charge is 0.354 e. The Bertz CT molecular complexity index is 604. The fourth-order valence-electron chi connectivity index (χ4n) is 1.55. The Morgan fingerprint density at radius 2 is 2.10 bits per heavy atom. The summed E-state index contributed by atoms with van der Waals surface area (Å²) in [6.45, 7) is 2.82. The number of guanidine groups is 1. The standard InChI is InChI=1S/C12H19N7OS/c1-8-16-10(18-20-8)6-15-11(13-2)14-5-9-7-21-12(17-9)19(3)4/h7H,5-6H2,1-4H3,(H2,13,14,15). The molecule has 0 saturated heterocycles. The van der Waals surface area contributed by atoms with Gasteiger partial charge in [-0.25, -0.2) is 4.98 Å². The van der Waals surface area contributed by atoms with E-state index in [1.165, 1.54) is 0 Å². The van der Waals surface area contributed by atoms with Crippen LogP contribution in [0.2, 0.25) is 0 Å². The fraction of sp³-hybridized carbons (Fsp3) is 0.500. The first kappa shape index (κ1) is 15.2. The van der Waals surface area contributed by atoms with Gasteiger partial charge in [0.05, 0.1) is 18.8 Å². The van der Waals surface area contributed by atoms with E-state index in [0.717, 1.165) is 10.8 Å². The summed E-state index contributed by atoms with van der Waals surface area (Å²) in [5.74, 6) is 1.81. The molecular weight excluding hydrogens is 290 g/mol. The maximum Gasteiger partial charge on any atom is 0.223 e. The average Bonchev–Trinajstić information content (AvgIpc) is 3.08. The van der Waals surface area contributed by atoms with Gasteiger partial charge in [-0.1, -0.05) is 5.16 Å². The van der Waals surface area contributed by atoms with Crippen LogP contribution in [0.5, 0.6) is 0 Å². The van der Waals surface area contributed by atoms with Crippen molar-refractivity contribution in [3.63, 3.8) is 0 Å². The van der Waals surface area contributed by atoms with Gasteiger partial charge in [0, 0.05) is 33.4 Å². The second-order valence-electron chi connectivity index (χ2n) is 4.52. The van der Waals surface area contributed by atoms with E-state index in [0.29, 0.717) is 30.8 Å². The molecule has 0 saturated carbocycles. The molecule has 114 valence electrons. The van der Waals surface area contributed by atoms with Crippen molar-refractivity contribution in [3.8, 4) is 0 Å². The van der Waals surface area contributed by atoms with Crippen LogP contribution in [-0.4, -0.2) is 42.2 Å². The first-order valence-electron chi connectivity index (χ1n) is 6.44. The molecule has 8 nitrogen and oxygen atoms in total. The molecule has 2 N–H and O–H groups in total. The zero-order valence-electron chi connectivity index (χ0n) is 12.5. The second-order valence-corrected chi connectivity index (χ2v) is 5.36. The van der Waals surface area contributed by atoms with Crippen molar-refractivity contribution in [2.24, 2.45) is 4.99 Å². The normalized spacial score (nSPS) is 11.5. The molecule has 2 heterocycles. The van der Waals surface area contributed by atoms with Crippen molar-refractivity contribution in [2.75, 3.05) is 26.0 Å². The summed E-state index contributed by atoms with van der Waals surface area (Å²) in [7, 11) is 5.66. The predicted molar refractivity (Wildman–Crippen MR) is 82.5 cm³/mol. The maximum absolute atomic E-state index is 4.91. The van der Waals surface area contributed by atoms with Crippen LogP contribution >= 0.6 is 11.3 Å². The highest BCUT2D eigenvalue weighted by Gasteiger charge is 2.06. The summed E-state index contributed by atoms with van der Waals surface area (Å²) in [5.41, 5.74) is 0.974. The number of rotatable bonds is 5. The average molecular weight is 309 g/mol. The van der Waals surface area contributed by atoms with Gasteiger partial charge in [-0.15, -0.1) is 11.3 Å². The third kappa shape index (κ3) is 4.42. The lowest BCUT2D eigenvalue weighted by Gasteiger charge is -2.09. The topological polar surface area (TPSA) is 91.5 Å². The van der Waals surface area contributed by atoms with Crippen molar-refractivity contribution in [1.82, 2.24) is 25.8 Å². The Hall–Kier alpha value is -2.16. The van der Waals surface area contributed by atoms with Crippen molar-refractivity contribution in [2.45, 2.75) is 20.0 Å². The first-order valence-corrected chi connectivity index (χ1v) is 7.32. The van der Waals surface area contributed by atoms with E-state index in [2.05, 4.69) is 30.8 Å². The van der Waals surface area contributed by atoms with Crippen LogP contribution in [0.25, 0.3) is 0 Å². The summed E-state index contributed by atoms with van der Waals surface area (Å²) in [6, 6.07) is 0. The molecule has 0 aliphatic rings. The Morgan fingerprint density at radius 1 is 1.33 bits per heavy atom. The Labute approximate surface area is 127 Å². The van der Waals surface area contributed by atoms with Gasteiger partial charge < -0.3 is 20.1 Å². The number of hydrogen-bond donors (Lipinski definition) is 2. The Kier molecular flexibility index (Phi) is 5.09. The fourth-order valence-corrected chi connectivity index (χ4v) is 2.31. The molecule has 9 heteroatoms. The van der Waals surface area contributed by atoms with Crippen LogP contribution in [-0.2, 0) is 13.1 Å². The van der Waals surface area contributed by atoms with E-state index in [1.54, 1.807) is 25.3 Å². The van der Waals surface area contributed by atoms with Crippen LogP contribution in [0.15, 0.2) is 14.9 Å². The molecule has 0 aliphatic heterocycles. The molecule has 0 unspecified atom stereocenters. The molecule has 2 aromatic rings. The molecule has 2 rings (SSSR count). The molecular formula is C12H19N7OS. The number of aromatic nitrogens is 3. The number of nitrogens with zero attached hydrogens (tertiary/aromatic N) is 5. The number of aliphatic imine (C=N–C) groups is 1. The van der Waals surface area contributed by atoms with Crippen LogP contribution in [0.3, 0.4) is 0 Å². The number of hydrogen-bond acceptors (Lipinski definition) is 7. The van der Waals surface area contributed by atoms with Crippen molar-refractivity contribution < 1.29 is 4.52 Å². The third-order valence-corrected chi connectivity index (χ3v) is 3.62. The minimum absolute atomic E-state index is 0.455. The van der Waals surface area contributed by atoms with Crippen molar-refractivity contribution in [3.05, 3.63) is 22.8 Å². The van der Waals surface area contributed by atoms with Gasteiger partial charge in [-0.3, -0.25) is 4.99 Å². The van der Waals surface area contributed by atoms with Gasteiger partial charge in [0.15, 0.2) is 16.9 Å². The van der Waals surface area contributed by atoms with E-state index in [4.69, 9.17) is 4.52 Å². The highest BCUT2D eigenvalue weighted by molar-refractivity contribution is 7.13. The SMILES string of the molecule is CN=C(NCc1csc(N(C)C)n1)NCc1noc(C)n1. The monoisotopic (exact) mass is 309 g/mol. The van der Waals surface area contributed by atoms with E-state index < -0.39 is 0 Å². The molecule has 0 radical (unpaired) electrons. The number of anilines is 1. The minimum atomic E-state index is 0.455. The maximum atomic E-state index is 4.91. The summed E-state index contributed by atoms with van der Waals surface area (Å²) < 4.78 is 4.91. The lowest BCUT2D eigenvalue weighted by Crippen LogP contribution is -2.36. The van der Waals surface area contributed by atoms with Gasteiger partial charge in [-0.2, -0.15) is 4.98 Å². The molecule has 0 aromatic carbocycles. The van der Waals surface area contributed by atoms with Crippen molar-refractivity contribution in [1.29, 1.82) is 0 Å². The molecule has 21 heavy (non-hydrogen) atoms. The highest BCUT2D eigenvalue weighted by atomic mass is 32.1. The van der Waals surface area contributed by atoms with E-state index >= 15 is 0 Å². The molecule has 0 fully saturated rings. The summed E-state index contributed by atoms with van der Waals surface area (Å²) >= 11 is 1.61. The number of nitrogens with one attached hydrogen (secondary N) is 2.